The van der Waals surface area contributed by atoms with Crippen LogP contribution in [0, 0.1) is 0 Å². The van der Waals surface area contributed by atoms with E-state index in [2.05, 4.69) is 0 Å². The van der Waals surface area contributed by atoms with Crippen molar-refractivity contribution in [2.75, 3.05) is 0 Å². The Balaban J connectivity index is 1.78. The van der Waals surface area contributed by atoms with Crippen LogP contribution in [0.15, 0.2) is 78.9 Å². The molecule has 27 heavy (non-hydrogen) atoms. The highest BCUT2D eigenvalue weighted by Crippen LogP contribution is 2.30. The van der Waals surface area contributed by atoms with Gasteiger partial charge in [0.25, 0.3) is 0 Å². The molecule has 0 bridgehead atoms. The maximum absolute atomic E-state index is 12.7. The van der Waals surface area contributed by atoms with E-state index in [1.54, 1.807) is 25.1 Å². The normalized spacial score (nSPS) is 11.9. The predicted molar refractivity (Wildman–Crippen MR) is 107 cm³/mol. The van der Waals surface area contributed by atoms with Gasteiger partial charge in [-0.05, 0) is 36.2 Å². The molecule has 3 rings (SSSR count). The molecule has 3 nitrogen and oxygen atoms in total. The van der Waals surface area contributed by atoms with Gasteiger partial charge in [0.2, 0.25) is 0 Å². The summed E-state index contributed by atoms with van der Waals surface area (Å²) in [6.45, 7) is 1.63. The fourth-order valence-electron chi connectivity index (χ4n) is 2.61. The zero-order valence-corrected chi connectivity index (χ0v) is 16.2. The number of carbonyl (C=O) groups excluding carboxylic acids is 1. The van der Waals surface area contributed by atoms with Crippen molar-refractivity contribution in [2.45, 2.75) is 19.1 Å². The number of carbonyl (C=O) groups is 1. The van der Waals surface area contributed by atoms with Crippen molar-refractivity contribution >= 4 is 29.2 Å². The molecule has 138 valence electrons. The van der Waals surface area contributed by atoms with Crippen molar-refractivity contribution in [2.24, 2.45) is 0 Å². The zero-order valence-electron chi connectivity index (χ0n) is 14.6. The van der Waals surface area contributed by atoms with Crippen molar-refractivity contribution in [3.63, 3.8) is 0 Å². The molecule has 0 spiro atoms. The summed E-state index contributed by atoms with van der Waals surface area (Å²) in [5.41, 5.74) is 1.77. The lowest BCUT2D eigenvalue weighted by Gasteiger charge is -2.22. The highest BCUT2D eigenvalue weighted by atomic mass is 35.5. The van der Waals surface area contributed by atoms with Gasteiger partial charge >= 0.3 is 5.97 Å². The summed E-state index contributed by atoms with van der Waals surface area (Å²) >= 11 is 12.0. The second-order valence-electron chi connectivity index (χ2n) is 5.97. The van der Waals surface area contributed by atoms with Gasteiger partial charge in [-0.1, -0.05) is 83.9 Å². The average Bonchev–Trinajstić information content (AvgIpc) is 2.69. The van der Waals surface area contributed by atoms with Gasteiger partial charge < -0.3 is 9.47 Å². The van der Waals surface area contributed by atoms with Crippen LogP contribution in [-0.2, 0) is 9.53 Å². The molecule has 0 N–H and O–H groups in total. The molecule has 5 heteroatoms. The minimum Gasteiger partial charge on any atom is -0.477 e. The van der Waals surface area contributed by atoms with Crippen molar-refractivity contribution in [3.05, 3.63) is 100 Å². The van der Waals surface area contributed by atoms with Gasteiger partial charge in [-0.15, -0.1) is 0 Å². The van der Waals surface area contributed by atoms with E-state index in [0.29, 0.717) is 15.8 Å². The number of hydrogen-bond acceptors (Lipinski definition) is 3. The maximum Gasteiger partial charge on any atom is 0.347 e. The number of esters is 1. The van der Waals surface area contributed by atoms with Crippen molar-refractivity contribution < 1.29 is 14.3 Å². The summed E-state index contributed by atoms with van der Waals surface area (Å²) in [6.07, 6.45) is -1.36. The van der Waals surface area contributed by atoms with E-state index in [9.17, 15) is 4.79 Å². The van der Waals surface area contributed by atoms with Crippen LogP contribution >= 0.6 is 23.2 Å². The molecule has 0 aliphatic carbocycles. The Morgan fingerprint density at radius 3 is 1.93 bits per heavy atom. The fraction of sp³-hybridized carbons (Fsp3) is 0.136. The minimum absolute atomic E-state index is 0.338. The minimum atomic E-state index is -0.835. The summed E-state index contributed by atoms with van der Waals surface area (Å²) in [7, 11) is 0. The standard InChI is InChI=1S/C22H18Cl2O3/c1-15(26-20-13-12-18(23)14-19(20)24)22(25)27-21(16-8-4-2-5-9-16)17-10-6-3-7-11-17/h2-15,21H,1H3/t15-/m1/s1. The molecule has 0 saturated carbocycles. The summed E-state index contributed by atoms with van der Waals surface area (Å²) in [6, 6.07) is 24.0. The SMILES string of the molecule is C[C@@H](Oc1ccc(Cl)cc1Cl)C(=O)OC(c1ccccc1)c1ccccc1. The molecule has 0 aliphatic heterocycles. The van der Waals surface area contributed by atoms with Crippen LogP contribution in [0.25, 0.3) is 0 Å². The third kappa shape index (κ3) is 5.03. The zero-order chi connectivity index (χ0) is 19.2. The van der Waals surface area contributed by atoms with Crippen LogP contribution < -0.4 is 4.74 Å². The van der Waals surface area contributed by atoms with E-state index in [1.807, 2.05) is 60.7 Å². The number of benzene rings is 3. The third-order valence-electron chi connectivity index (χ3n) is 3.97. The van der Waals surface area contributed by atoms with Crippen LogP contribution in [0.2, 0.25) is 10.0 Å². The highest BCUT2D eigenvalue weighted by Gasteiger charge is 2.24. The molecule has 0 amide bonds. The molecule has 3 aromatic rings. The third-order valence-corrected chi connectivity index (χ3v) is 4.50. The first kappa shape index (κ1) is 19.3. The fourth-order valence-corrected chi connectivity index (χ4v) is 3.06. The molecule has 0 heterocycles. The summed E-state index contributed by atoms with van der Waals surface area (Å²) in [5, 5.41) is 0.834. The lowest BCUT2D eigenvalue weighted by atomic mass is 10.0. The maximum atomic E-state index is 12.7. The Labute approximate surface area is 168 Å². The Morgan fingerprint density at radius 1 is 0.852 bits per heavy atom. The molecular formula is C22H18Cl2O3. The van der Waals surface area contributed by atoms with Crippen molar-refractivity contribution in [3.8, 4) is 5.75 Å². The van der Waals surface area contributed by atoms with E-state index < -0.39 is 18.2 Å². The Kier molecular flexibility index (Phi) is 6.38. The molecule has 0 aromatic heterocycles. The van der Waals surface area contributed by atoms with Crippen LogP contribution in [0.4, 0.5) is 0 Å². The van der Waals surface area contributed by atoms with Gasteiger partial charge in [0.05, 0.1) is 5.02 Å². The summed E-state index contributed by atoms with van der Waals surface area (Å²) < 4.78 is 11.5. The highest BCUT2D eigenvalue weighted by molar-refractivity contribution is 6.35. The lowest BCUT2D eigenvalue weighted by Crippen LogP contribution is -2.28. The molecule has 0 radical (unpaired) electrons. The molecule has 3 aromatic carbocycles. The molecule has 0 saturated heterocycles. The van der Waals surface area contributed by atoms with E-state index in [0.717, 1.165) is 11.1 Å². The molecule has 0 unspecified atom stereocenters. The van der Waals surface area contributed by atoms with Gasteiger partial charge in [-0.25, -0.2) is 4.79 Å². The molecule has 0 fully saturated rings. The van der Waals surface area contributed by atoms with Crippen LogP contribution in [0.1, 0.15) is 24.2 Å². The van der Waals surface area contributed by atoms with E-state index >= 15 is 0 Å². The number of ether oxygens (including phenoxy) is 2. The van der Waals surface area contributed by atoms with E-state index in [4.69, 9.17) is 32.7 Å². The Bertz CT molecular complexity index is 858. The largest absolute Gasteiger partial charge is 0.477 e. The average molecular weight is 401 g/mol. The Morgan fingerprint density at radius 2 is 1.41 bits per heavy atom. The first-order valence-corrected chi connectivity index (χ1v) is 9.22. The topological polar surface area (TPSA) is 35.5 Å². The summed E-state index contributed by atoms with van der Waals surface area (Å²) in [4.78, 5) is 12.7. The van der Waals surface area contributed by atoms with Crippen LogP contribution in [0.5, 0.6) is 5.75 Å². The van der Waals surface area contributed by atoms with Gasteiger partial charge in [-0.2, -0.15) is 0 Å². The summed E-state index contributed by atoms with van der Waals surface area (Å²) in [5.74, 6) is -0.111. The van der Waals surface area contributed by atoms with E-state index in [-0.39, 0.29) is 0 Å². The first-order chi connectivity index (χ1) is 13.0. The number of halogens is 2. The van der Waals surface area contributed by atoms with Gasteiger partial charge in [-0.3, -0.25) is 0 Å². The Hall–Kier alpha value is -2.49. The molecule has 0 aliphatic rings. The van der Waals surface area contributed by atoms with Crippen LogP contribution in [-0.4, -0.2) is 12.1 Å². The smallest absolute Gasteiger partial charge is 0.347 e. The second kappa shape index (κ2) is 8.94. The van der Waals surface area contributed by atoms with Crippen molar-refractivity contribution in [1.29, 1.82) is 0 Å². The molecular weight excluding hydrogens is 383 g/mol. The van der Waals surface area contributed by atoms with Gasteiger partial charge in [0.15, 0.2) is 12.2 Å². The monoisotopic (exact) mass is 400 g/mol. The first-order valence-electron chi connectivity index (χ1n) is 8.46. The number of hydrogen-bond donors (Lipinski definition) is 0. The lowest BCUT2D eigenvalue weighted by molar-refractivity contribution is -0.155. The van der Waals surface area contributed by atoms with Gasteiger partial charge in [0, 0.05) is 5.02 Å². The quantitative estimate of drug-likeness (QED) is 0.469. The van der Waals surface area contributed by atoms with E-state index in [1.165, 1.54) is 0 Å². The van der Waals surface area contributed by atoms with Crippen LogP contribution in [0.3, 0.4) is 0 Å². The van der Waals surface area contributed by atoms with Crippen molar-refractivity contribution in [1.82, 2.24) is 0 Å². The second-order valence-corrected chi connectivity index (χ2v) is 6.82. The number of rotatable bonds is 6. The predicted octanol–water partition coefficient (Wildman–Crippen LogP) is 6.09. The molecule has 1 atom stereocenters. The van der Waals surface area contributed by atoms with Gasteiger partial charge in [0.1, 0.15) is 5.75 Å².